The molecular weight excluding hydrogens is 448 g/mol. The number of hydrogen-bond donors (Lipinski definition) is 0. The number of esters is 1. The van der Waals surface area contributed by atoms with Crippen LogP contribution in [0.25, 0.3) is 0 Å². The van der Waals surface area contributed by atoms with Crippen molar-refractivity contribution in [2.75, 3.05) is 13.2 Å². The monoisotopic (exact) mass is 494 g/mol. The third kappa shape index (κ3) is 12.8. The van der Waals surface area contributed by atoms with Gasteiger partial charge in [-0.05, 0) is 80.1 Å². The van der Waals surface area contributed by atoms with Gasteiger partial charge in [0.05, 0.1) is 18.8 Å². The van der Waals surface area contributed by atoms with E-state index in [2.05, 4.69) is 20.4 Å². The van der Waals surface area contributed by atoms with Crippen molar-refractivity contribution in [3.63, 3.8) is 0 Å². The number of carbonyl (C=O) groups is 1. The molecule has 0 N–H and O–H groups in total. The number of ether oxygens (including phenoxy) is 3. The number of carbonyl (C=O) groups excluding carboxylic acids is 1. The van der Waals surface area contributed by atoms with E-state index >= 15 is 0 Å². The highest BCUT2D eigenvalue weighted by Gasteiger charge is 2.09. The molecule has 2 aromatic rings. The molecule has 1 atom stereocenters. The maximum absolute atomic E-state index is 12.5. The van der Waals surface area contributed by atoms with Gasteiger partial charge in [0.25, 0.3) is 0 Å². The van der Waals surface area contributed by atoms with Gasteiger partial charge in [0, 0.05) is 0 Å². The summed E-state index contributed by atoms with van der Waals surface area (Å²) in [7, 11) is 0. The van der Waals surface area contributed by atoms with Crippen molar-refractivity contribution in [2.45, 2.75) is 90.9 Å². The summed E-state index contributed by atoms with van der Waals surface area (Å²) >= 11 is 0. The van der Waals surface area contributed by atoms with Crippen molar-refractivity contribution in [1.29, 1.82) is 0 Å². The molecule has 0 aliphatic carbocycles. The lowest BCUT2D eigenvalue weighted by molar-refractivity contribution is 0.0734. The van der Waals surface area contributed by atoms with Crippen LogP contribution in [0.4, 0.5) is 0 Å². The minimum atomic E-state index is -0.381. The van der Waals surface area contributed by atoms with Gasteiger partial charge in [-0.2, -0.15) is 0 Å². The second-order valence-electron chi connectivity index (χ2n) is 9.64. The van der Waals surface area contributed by atoms with E-state index in [0.29, 0.717) is 24.5 Å². The van der Waals surface area contributed by atoms with Gasteiger partial charge in [-0.15, -0.1) is 6.58 Å². The zero-order valence-electron chi connectivity index (χ0n) is 22.5. The number of unbranched alkanes of at least 4 members (excludes halogenated alkanes) is 8. The lowest BCUT2D eigenvalue weighted by Gasteiger charge is -2.10. The summed E-state index contributed by atoms with van der Waals surface area (Å²) in [5, 5.41) is 0. The molecule has 198 valence electrons. The minimum absolute atomic E-state index is 0.381. The Morgan fingerprint density at radius 1 is 0.750 bits per heavy atom. The first kappa shape index (κ1) is 29.5. The van der Waals surface area contributed by atoms with E-state index in [1.807, 2.05) is 30.3 Å². The van der Waals surface area contributed by atoms with E-state index in [1.54, 1.807) is 24.3 Å². The summed E-state index contributed by atoms with van der Waals surface area (Å²) in [6.07, 6.45) is 16.4. The molecule has 0 fully saturated rings. The molecule has 0 radical (unpaired) electrons. The quantitative estimate of drug-likeness (QED) is 0.0796. The van der Waals surface area contributed by atoms with E-state index in [0.717, 1.165) is 36.7 Å². The number of benzene rings is 2. The van der Waals surface area contributed by atoms with Crippen molar-refractivity contribution >= 4 is 5.97 Å². The van der Waals surface area contributed by atoms with Crippen LogP contribution in [0, 0.1) is 5.92 Å². The average Bonchev–Trinajstić information content (AvgIpc) is 2.90. The maximum atomic E-state index is 12.5. The molecule has 0 bridgehead atoms. The summed E-state index contributed by atoms with van der Waals surface area (Å²) in [5.74, 6) is 2.51. The first-order valence-corrected chi connectivity index (χ1v) is 13.9. The molecule has 4 nitrogen and oxygen atoms in total. The van der Waals surface area contributed by atoms with E-state index in [-0.39, 0.29) is 5.97 Å². The fraction of sp³-hybridized carbons (Fsp3) is 0.531. The fourth-order valence-electron chi connectivity index (χ4n) is 3.91. The second-order valence-corrected chi connectivity index (χ2v) is 9.64. The van der Waals surface area contributed by atoms with Gasteiger partial charge < -0.3 is 14.2 Å². The Kier molecular flexibility index (Phi) is 15.2. The average molecular weight is 495 g/mol. The second kappa shape index (κ2) is 18.5. The Labute approximate surface area is 219 Å². The van der Waals surface area contributed by atoms with Gasteiger partial charge in [0.2, 0.25) is 0 Å². The Morgan fingerprint density at radius 3 is 1.83 bits per heavy atom. The first-order chi connectivity index (χ1) is 17.6. The third-order valence-electron chi connectivity index (χ3n) is 6.50. The molecule has 0 aliphatic heterocycles. The summed E-state index contributed by atoms with van der Waals surface area (Å²) in [6, 6.07) is 14.4. The van der Waals surface area contributed by atoms with Gasteiger partial charge >= 0.3 is 5.97 Å². The Balaban J connectivity index is 1.61. The third-order valence-corrected chi connectivity index (χ3v) is 6.50. The summed E-state index contributed by atoms with van der Waals surface area (Å²) in [6.45, 7) is 9.73. The highest BCUT2D eigenvalue weighted by molar-refractivity contribution is 5.91. The predicted octanol–water partition coefficient (Wildman–Crippen LogP) is 9.19. The topological polar surface area (TPSA) is 44.8 Å². The molecule has 0 heterocycles. The SMILES string of the molecule is C=CCCCCCCCCOc1ccc(C(=O)Oc2ccc(OCCCCC[C@@H](C)CC)cc2)cc1. The van der Waals surface area contributed by atoms with Crippen molar-refractivity contribution in [3.8, 4) is 17.2 Å². The normalized spacial score (nSPS) is 11.6. The van der Waals surface area contributed by atoms with E-state index in [4.69, 9.17) is 14.2 Å². The number of rotatable bonds is 20. The minimum Gasteiger partial charge on any atom is -0.494 e. The van der Waals surface area contributed by atoms with Crippen LogP contribution >= 0.6 is 0 Å². The molecular formula is C32H46O4. The largest absolute Gasteiger partial charge is 0.494 e. The molecule has 0 aliphatic rings. The number of allylic oxidation sites excluding steroid dienone is 1. The number of hydrogen-bond acceptors (Lipinski definition) is 4. The van der Waals surface area contributed by atoms with Crippen molar-refractivity contribution < 1.29 is 19.0 Å². The molecule has 0 amide bonds. The standard InChI is InChI=1S/C32H46O4/c1-4-6-7-8-9-10-11-14-25-34-29-19-17-28(18-20-29)32(33)36-31-23-21-30(22-24-31)35-26-15-12-13-16-27(3)5-2/h4,17-24,27H,1,5-16,25-26H2,2-3H3/t27-/m0/s1. The predicted molar refractivity (Wildman–Crippen MR) is 149 cm³/mol. The molecule has 0 unspecified atom stereocenters. The van der Waals surface area contributed by atoms with Gasteiger partial charge in [0.1, 0.15) is 17.2 Å². The highest BCUT2D eigenvalue weighted by atomic mass is 16.5. The lowest BCUT2D eigenvalue weighted by atomic mass is 10.0. The van der Waals surface area contributed by atoms with Crippen LogP contribution in [0.2, 0.25) is 0 Å². The van der Waals surface area contributed by atoms with Crippen LogP contribution in [0.3, 0.4) is 0 Å². The van der Waals surface area contributed by atoms with Gasteiger partial charge in [-0.25, -0.2) is 4.79 Å². The lowest BCUT2D eigenvalue weighted by Crippen LogP contribution is -2.08. The molecule has 0 spiro atoms. The Bertz CT molecular complexity index is 841. The van der Waals surface area contributed by atoms with Crippen molar-refractivity contribution in [2.24, 2.45) is 5.92 Å². The first-order valence-electron chi connectivity index (χ1n) is 13.9. The van der Waals surface area contributed by atoms with Gasteiger partial charge in [0.15, 0.2) is 0 Å². The zero-order valence-corrected chi connectivity index (χ0v) is 22.5. The van der Waals surface area contributed by atoms with E-state index in [1.165, 1.54) is 57.8 Å². The molecule has 4 heteroatoms. The Morgan fingerprint density at radius 2 is 1.25 bits per heavy atom. The summed E-state index contributed by atoms with van der Waals surface area (Å²) in [5.41, 5.74) is 0.500. The molecule has 36 heavy (non-hydrogen) atoms. The highest BCUT2D eigenvalue weighted by Crippen LogP contribution is 2.20. The molecule has 2 rings (SSSR count). The molecule has 0 aromatic heterocycles. The smallest absolute Gasteiger partial charge is 0.343 e. The molecule has 2 aromatic carbocycles. The molecule has 0 saturated carbocycles. The van der Waals surface area contributed by atoms with Gasteiger partial charge in [-0.3, -0.25) is 0 Å². The van der Waals surface area contributed by atoms with Crippen LogP contribution in [0.15, 0.2) is 61.2 Å². The van der Waals surface area contributed by atoms with Crippen molar-refractivity contribution in [1.82, 2.24) is 0 Å². The maximum Gasteiger partial charge on any atom is 0.343 e. The van der Waals surface area contributed by atoms with E-state index in [9.17, 15) is 4.79 Å². The zero-order chi connectivity index (χ0) is 25.8. The van der Waals surface area contributed by atoms with Crippen LogP contribution in [-0.4, -0.2) is 19.2 Å². The fourth-order valence-corrected chi connectivity index (χ4v) is 3.91. The van der Waals surface area contributed by atoms with Gasteiger partial charge in [-0.1, -0.05) is 71.3 Å². The van der Waals surface area contributed by atoms with Crippen molar-refractivity contribution in [3.05, 3.63) is 66.7 Å². The Hall–Kier alpha value is -2.75. The molecule has 0 saturated heterocycles. The van der Waals surface area contributed by atoms with Crippen LogP contribution in [0.1, 0.15) is 101 Å². The summed E-state index contributed by atoms with van der Waals surface area (Å²) in [4.78, 5) is 12.5. The van der Waals surface area contributed by atoms with E-state index < -0.39 is 0 Å². The summed E-state index contributed by atoms with van der Waals surface area (Å²) < 4.78 is 17.1. The van der Waals surface area contributed by atoms with Crippen LogP contribution < -0.4 is 14.2 Å². The van der Waals surface area contributed by atoms with Crippen LogP contribution in [-0.2, 0) is 0 Å². The van der Waals surface area contributed by atoms with Crippen LogP contribution in [0.5, 0.6) is 17.2 Å².